The van der Waals surface area contributed by atoms with E-state index in [2.05, 4.69) is 5.32 Å². The first kappa shape index (κ1) is 22.3. The lowest BCUT2D eigenvalue weighted by atomic mass is 9.76. The molecule has 0 aliphatic carbocycles. The van der Waals surface area contributed by atoms with Crippen LogP contribution in [0, 0.1) is 11.8 Å². The number of aliphatic carboxylic acids is 1. The number of nitrogens with one attached hydrogen (secondary N) is 1. The maximum atomic E-state index is 13.7. The molecule has 0 saturated carbocycles. The van der Waals surface area contributed by atoms with Crippen LogP contribution in [-0.2, 0) is 24.7 Å². The molecule has 2 aromatic rings. The summed E-state index contributed by atoms with van der Waals surface area (Å²) in [5, 5.41) is 12.5. The van der Waals surface area contributed by atoms with Crippen LogP contribution < -0.4 is 5.32 Å². The Balaban J connectivity index is 1.32. The first-order valence-electron chi connectivity index (χ1n) is 11.6. The van der Waals surface area contributed by atoms with Crippen LogP contribution in [0.15, 0.2) is 60.7 Å². The van der Waals surface area contributed by atoms with E-state index >= 15 is 0 Å². The number of carbonyl (C=O) groups is 4. The molecule has 3 amide bonds. The van der Waals surface area contributed by atoms with Gasteiger partial charge in [-0.05, 0) is 30.4 Å². The first-order chi connectivity index (χ1) is 16.4. The molecule has 2 N–H and O–H groups in total. The van der Waals surface area contributed by atoms with Crippen molar-refractivity contribution < 1.29 is 29.0 Å². The van der Waals surface area contributed by atoms with E-state index in [1.165, 1.54) is 0 Å². The summed E-state index contributed by atoms with van der Waals surface area (Å²) < 4.78 is 5.69. The summed E-state index contributed by atoms with van der Waals surface area (Å²) in [6.07, 6.45) is 0.946. The molecule has 34 heavy (non-hydrogen) atoms. The van der Waals surface area contributed by atoms with E-state index in [1.807, 2.05) is 36.4 Å². The maximum Gasteiger partial charge on any atom is 0.325 e. The number of ether oxygens (including phenoxy) is 1. The number of ketones is 1. The van der Waals surface area contributed by atoms with Crippen LogP contribution in [0.3, 0.4) is 0 Å². The third-order valence-corrected chi connectivity index (χ3v) is 7.25. The van der Waals surface area contributed by atoms with Crippen molar-refractivity contribution in [3.8, 4) is 0 Å². The molecule has 0 spiro atoms. The van der Waals surface area contributed by atoms with Crippen molar-refractivity contribution in [2.45, 2.75) is 43.4 Å². The fourth-order valence-corrected chi connectivity index (χ4v) is 5.69. The predicted octanol–water partition coefficient (Wildman–Crippen LogP) is 2.71. The second kappa shape index (κ2) is 8.68. The van der Waals surface area contributed by atoms with Gasteiger partial charge in [0.15, 0.2) is 5.54 Å². The lowest BCUT2D eigenvalue weighted by Gasteiger charge is -2.28. The Morgan fingerprint density at radius 2 is 1.50 bits per heavy atom. The second-order valence-corrected chi connectivity index (χ2v) is 9.12. The van der Waals surface area contributed by atoms with Gasteiger partial charge in [0.1, 0.15) is 5.78 Å². The Morgan fingerprint density at radius 3 is 2.06 bits per heavy atom. The highest BCUT2D eigenvalue weighted by molar-refractivity contribution is 6.09. The SMILES string of the molecule is O=C(O)C1C2CCC(O2)C1C(=O)CCCN1C(=O)NC(c2ccccc2)(c2ccccc2)C1=O. The van der Waals surface area contributed by atoms with E-state index in [0.717, 1.165) is 4.90 Å². The third kappa shape index (κ3) is 3.49. The molecule has 3 heterocycles. The summed E-state index contributed by atoms with van der Waals surface area (Å²) in [6.45, 7) is 0.0667. The first-order valence-corrected chi connectivity index (χ1v) is 11.6. The van der Waals surface area contributed by atoms with Crippen LogP contribution >= 0.6 is 0 Å². The van der Waals surface area contributed by atoms with Crippen molar-refractivity contribution in [1.29, 1.82) is 0 Å². The Kier molecular flexibility index (Phi) is 5.69. The van der Waals surface area contributed by atoms with Gasteiger partial charge >= 0.3 is 12.0 Å². The Hall–Kier alpha value is -3.52. The molecule has 0 aromatic heterocycles. The quantitative estimate of drug-likeness (QED) is 0.584. The van der Waals surface area contributed by atoms with Crippen LogP contribution in [0.5, 0.6) is 0 Å². The highest BCUT2D eigenvalue weighted by Crippen LogP contribution is 2.44. The van der Waals surface area contributed by atoms with Crippen molar-refractivity contribution in [1.82, 2.24) is 10.2 Å². The monoisotopic (exact) mass is 462 g/mol. The van der Waals surface area contributed by atoms with E-state index in [0.29, 0.717) is 24.0 Å². The molecule has 3 aliphatic rings. The molecule has 5 rings (SSSR count). The fraction of sp³-hybridized carbons (Fsp3) is 0.385. The van der Waals surface area contributed by atoms with Crippen molar-refractivity contribution in [2.75, 3.05) is 6.54 Å². The van der Waals surface area contributed by atoms with Crippen LogP contribution in [0.25, 0.3) is 0 Å². The van der Waals surface area contributed by atoms with E-state index in [1.54, 1.807) is 24.3 Å². The average molecular weight is 463 g/mol. The van der Waals surface area contributed by atoms with Crippen LogP contribution in [0.1, 0.15) is 36.8 Å². The molecule has 3 saturated heterocycles. The molecule has 3 fully saturated rings. The molecule has 8 nitrogen and oxygen atoms in total. The maximum absolute atomic E-state index is 13.7. The minimum Gasteiger partial charge on any atom is -0.481 e. The number of carboxylic acid groups (broad SMARTS) is 1. The van der Waals surface area contributed by atoms with Crippen LogP contribution in [-0.4, -0.2) is 52.4 Å². The lowest BCUT2D eigenvalue weighted by Crippen LogP contribution is -2.45. The predicted molar refractivity (Wildman–Crippen MR) is 121 cm³/mol. The third-order valence-electron chi connectivity index (χ3n) is 7.25. The van der Waals surface area contributed by atoms with Gasteiger partial charge in [-0.2, -0.15) is 0 Å². The number of hydrogen-bond acceptors (Lipinski definition) is 5. The normalized spacial score (nSPS) is 27.1. The number of carbonyl (C=O) groups excluding carboxylic acids is 3. The minimum atomic E-state index is -1.34. The minimum absolute atomic E-state index is 0.0667. The summed E-state index contributed by atoms with van der Waals surface area (Å²) in [5.74, 6) is -3.05. The Labute approximate surface area is 196 Å². The molecule has 4 unspecified atom stereocenters. The molecule has 2 bridgehead atoms. The van der Waals surface area contributed by atoms with E-state index in [-0.39, 0.29) is 31.3 Å². The molecule has 3 aliphatic heterocycles. The Bertz CT molecular complexity index is 1080. The molecule has 4 atom stereocenters. The highest BCUT2D eigenvalue weighted by Gasteiger charge is 2.56. The molecule has 2 aromatic carbocycles. The van der Waals surface area contributed by atoms with Gasteiger partial charge in [0.25, 0.3) is 5.91 Å². The number of benzene rings is 2. The zero-order valence-corrected chi connectivity index (χ0v) is 18.6. The van der Waals surface area contributed by atoms with Gasteiger partial charge in [-0.3, -0.25) is 19.3 Å². The number of rotatable bonds is 8. The number of Topliss-reactive ketones (excluding diaryl/α,β-unsaturated/α-hetero) is 1. The highest BCUT2D eigenvalue weighted by atomic mass is 16.5. The number of nitrogens with zero attached hydrogens (tertiary/aromatic N) is 1. The summed E-state index contributed by atoms with van der Waals surface area (Å²) in [7, 11) is 0. The van der Waals surface area contributed by atoms with Gasteiger partial charge in [0, 0.05) is 13.0 Å². The van der Waals surface area contributed by atoms with Gasteiger partial charge in [-0.1, -0.05) is 60.7 Å². The lowest BCUT2D eigenvalue weighted by molar-refractivity contribution is -0.147. The topological polar surface area (TPSA) is 113 Å². The molecule has 0 radical (unpaired) electrons. The number of amides is 3. The molecule has 8 heteroatoms. The number of imide groups is 1. The number of hydrogen-bond donors (Lipinski definition) is 2. The number of carboxylic acids is 1. The van der Waals surface area contributed by atoms with E-state index < -0.39 is 41.4 Å². The zero-order valence-electron chi connectivity index (χ0n) is 18.6. The van der Waals surface area contributed by atoms with Crippen LogP contribution in [0.2, 0.25) is 0 Å². The largest absolute Gasteiger partial charge is 0.481 e. The van der Waals surface area contributed by atoms with Crippen molar-refractivity contribution in [3.63, 3.8) is 0 Å². The Morgan fingerprint density at radius 1 is 0.941 bits per heavy atom. The van der Waals surface area contributed by atoms with Gasteiger partial charge in [-0.25, -0.2) is 4.79 Å². The molecular weight excluding hydrogens is 436 g/mol. The van der Waals surface area contributed by atoms with Crippen LogP contribution in [0.4, 0.5) is 4.79 Å². The van der Waals surface area contributed by atoms with Gasteiger partial charge in [0.2, 0.25) is 0 Å². The van der Waals surface area contributed by atoms with Gasteiger partial charge in [-0.15, -0.1) is 0 Å². The smallest absolute Gasteiger partial charge is 0.325 e. The van der Waals surface area contributed by atoms with E-state index in [9.17, 15) is 24.3 Å². The van der Waals surface area contributed by atoms with Crippen molar-refractivity contribution >= 4 is 23.7 Å². The molecule has 176 valence electrons. The van der Waals surface area contributed by atoms with Gasteiger partial charge < -0.3 is 15.2 Å². The van der Waals surface area contributed by atoms with Gasteiger partial charge in [0.05, 0.1) is 24.0 Å². The number of fused-ring (bicyclic) bond motifs is 2. The van der Waals surface area contributed by atoms with Crippen molar-refractivity contribution in [3.05, 3.63) is 71.8 Å². The molecular formula is C26H26N2O6. The van der Waals surface area contributed by atoms with E-state index in [4.69, 9.17) is 4.74 Å². The van der Waals surface area contributed by atoms with Crippen molar-refractivity contribution in [2.24, 2.45) is 11.8 Å². The zero-order chi connectivity index (χ0) is 23.9. The fourth-order valence-electron chi connectivity index (χ4n) is 5.69. The summed E-state index contributed by atoms with van der Waals surface area (Å²) in [6, 6.07) is 17.7. The average Bonchev–Trinajstić information content (AvgIpc) is 3.54. The summed E-state index contributed by atoms with van der Waals surface area (Å²) in [4.78, 5) is 52.4. The summed E-state index contributed by atoms with van der Waals surface area (Å²) in [5.41, 5.74) is -0.0284. The number of urea groups is 1. The second-order valence-electron chi connectivity index (χ2n) is 9.12. The summed E-state index contributed by atoms with van der Waals surface area (Å²) >= 11 is 0. The standard InChI is InChI=1S/C26H26N2O6/c29-18(21-19-13-14-20(34-19)22(21)23(30)31)12-7-15-28-24(32)26(27-25(28)33,16-8-3-1-4-9-16)17-10-5-2-6-11-17/h1-6,8-11,19-22H,7,12-15H2,(H,27,33)(H,30,31).